The fourth-order valence-electron chi connectivity index (χ4n) is 3.26. The van der Waals surface area contributed by atoms with Gasteiger partial charge in [-0.1, -0.05) is 32.9 Å². The number of esters is 1. The first kappa shape index (κ1) is 23.1. The number of hydrogen-bond acceptors (Lipinski definition) is 5. The van der Waals surface area contributed by atoms with Gasteiger partial charge in [0.25, 0.3) is 5.91 Å². The van der Waals surface area contributed by atoms with Gasteiger partial charge in [0.05, 0.1) is 12.5 Å². The van der Waals surface area contributed by atoms with Crippen molar-refractivity contribution in [2.75, 3.05) is 13.2 Å². The standard InChI is InChI=1S/C24H25FN2O5/c1-24(2,3)18-8-4-16(5-9-18)22(30)26-27-13-17(12-21(27)29)23(31)32-14-20(28)15-6-10-19(25)11-7-15/h4-11,17H,12-14H2,1-3H3,(H,26,30). The lowest BCUT2D eigenvalue weighted by molar-refractivity contribution is -0.147. The first-order chi connectivity index (χ1) is 15.0. The van der Waals surface area contributed by atoms with Crippen molar-refractivity contribution >= 4 is 23.6 Å². The van der Waals surface area contributed by atoms with Crippen LogP contribution in [-0.4, -0.2) is 41.7 Å². The largest absolute Gasteiger partial charge is 0.457 e. The van der Waals surface area contributed by atoms with E-state index in [1.807, 2.05) is 12.1 Å². The number of carbonyl (C=O) groups excluding carboxylic acids is 4. The Morgan fingerprint density at radius 2 is 1.62 bits per heavy atom. The van der Waals surface area contributed by atoms with Crippen LogP contribution in [0.3, 0.4) is 0 Å². The van der Waals surface area contributed by atoms with Crippen LogP contribution in [0.15, 0.2) is 48.5 Å². The van der Waals surface area contributed by atoms with Crippen LogP contribution < -0.4 is 5.43 Å². The van der Waals surface area contributed by atoms with E-state index in [0.717, 1.165) is 22.7 Å². The minimum Gasteiger partial charge on any atom is -0.457 e. The molecule has 7 nitrogen and oxygen atoms in total. The van der Waals surface area contributed by atoms with E-state index in [1.165, 1.54) is 12.1 Å². The molecule has 1 N–H and O–H groups in total. The molecule has 0 bridgehead atoms. The maximum Gasteiger partial charge on any atom is 0.311 e. The maximum atomic E-state index is 12.9. The van der Waals surface area contributed by atoms with Gasteiger partial charge in [0.2, 0.25) is 5.91 Å². The van der Waals surface area contributed by atoms with Crippen LogP contribution in [0.5, 0.6) is 0 Å². The van der Waals surface area contributed by atoms with Gasteiger partial charge in [0.15, 0.2) is 12.4 Å². The van der Waals surface area contributed by atoms with Crippen LogP contribution >= 0.6 is 0 Å². The number of ketones is 1. The number of carbonyl (C=O) groups is 4. The van der Waals surface area contributed by atoms with E-state index < -0.39 is 41.9 Å². The maximum absolute atomic E-state index is 12.9. The van der Waals surface area contributed by atoms with Gasteiger partial charge in [0, 0.05) is 17.5 Å². The number of hydrazine groups is 1. The zero-order valence-electron chi connectivity index (χ0n) is 18.2. The number of ether oxygens (including phenoxy) is 1. The van der Waals surface area contributed by atoms with Crippen molar-refractivity contribution < 1.29 is 28.3 Å². The summed E-state index contributed by atoms with van der Waals surface area (Å²) in [5.41, 5.74) is 4.15. The highest BCUT2D eigenvalue weighted by atomic mass is 19.1. The van der Waals surface area contributed by atoms with Gasteiger partial charge in [-0.3, -0.25) is 29.6 Å². The van der Waals surface area contributed by atoms with Gasteiger partial charge < -0.3 is 4.74 Å². The fourth-order valence-corrected chi connectivity index (χ4v) is 3.26. The molecule has 0 spiro atoms. The van der Waals surface area contributed by atoms with Gasteiger partial charge >= 0.3 is 5.97 Å². The van der Waals surface area contributed by atoms with Crippen molar-refractivity contribution in [3.63, 3.8) is 0 Å². The number of rotatable bonds is 6. The summed E-state index contributed by atoms with van der Waals surface area (Å²) in [5, 5.41) is 1.09. The Morgan fingerprint density at radius 1 is 1.03 bits per heavy atom. The van der Waals surface area contributed by atoms with E-state index in [0.29, 0.717) is 5.56 Å². The molecule has 2 amide bonds. The monoisotopic (exact) mass is 440 g/mol. The third kappa shape index (κ3) is 5.57. The van der Waals surface area contributed by atoms with E-state index in [-0.39, 0.29) is 23.9 Å². The summed E-state index contributed by atoms with van der Waals surface area (Å²) in [5.74, 6) is -3.34. The van der Waals surface area contributed by atoms with E-state index in [1.54, 1.807) is 12.1 Å². The van der Waals surface area contributed by atoms with Gasteiger partial charge in [-0.25, -0.2) is 4.39 Å². The Kier molecular flexibility index (Phi) is 6.72. The molecule has 1 atom stereocenters. The molecule has 2 aromatic carbocycles. The van der Waals surface area contributed by atoms with E-state index >= 15 is 0 Å². The summed E-state index contributed by atoms with van der Waals surface area (Å²) in [6.45, 7) is 5.64. The Morgan fingerprint density at radius 3 is 2.22 bits per heavy atom. The molecule has 0 aromatic heterocycles. The van der Waals surface area contributed by atoms with Gasteiger partial charge in [-0.05, 0) is 47.4 Å². The van der Waals surface area contributed by atoms with Crippen molar-refractivity contribution in [1.82, 2.24) is 10.4 Å². The zero-order valence-corrected chi connectivity index (χ0v) is 18.2. The van der Waals surface area contributed by atoms with Crippen LogP contribution in [-0.2, 0) is 19.7 Å². The van der Waals surface area contributed by atoms with Gasteiger partial charge in [-0.2, -0.15) is 0 Å². The normalized spacial score (nSPS) is 16.1. The molecule has 2 aromatic rings. The average Bonchev–Trinajstić information content (AvgIpc) is 3.12. The number of hydrogen-bond donors (Lipinski definition) is 1. The lowest BCUT2D eigenvalue weighted by atomic mass is 9.87. The molecule has 1 aliphatic rings. The quantitative estimate of drug-likeness (QED) is 0.551. The average molecular weight is 440 g/mol. The highest BCUT2D eigenvalue weighted by molar-refractivity contribution is 5.99. The minimum atomic E-state index is -0.799. The second-order valence-electron chi connectivity index (χ2n) is 8.71. The molecule has 3 rings (SSSR count). The van der Waals surface area contributed by atoms with Crippen LogP contribution in [0.1, 0.15) is 53.5 Å². The smallest absolute Gasteiger partial charge is 0.311 e. The second kappa shape index (κ2) is 9.30. The molecule has 1 heterocycles. The van der Waals surface area contributed by atoms with E-state index in [9.17, 15) is 23.6 Å². The number of benzene rings is 2. The first-order valence-electron chi connectivity index (χ1n) is 10.2. The summed E-state index contributed by atoms with van der Waals surface area (Å²) in [7, 11) is 0. The summed E-state index contributed by atoms with van der Waals surface area (Å²) in [4.78, 5) is 49.1. The Bertz CT molecular complexity index is 1030. The molecule has 32 heavy (non-hydrogen) atoms. The third-order valence-corrected chi connectivity index (χ3v) is 5.22. The van der Waals surface area contributed by atoms with Crippen molar-refractivity contribution in [2.45, 2.75) is 32.6 Å². The second-order valence-corrected chi connectivity index (χ2v) is 8.71. The number of nitrogens with one attached hydrogen (secondary N) is 1. The summed E-state index contributed by atoms with van der Waals surface area (Å²) < 4.78 is 18.0. The molecule has 0 aliphatic carbocycles. The van der Waals surface area contributed by atoms with Crippen LogP contribution in [0.4, 0.5) is 4.39 Å². The Labute approximate surface area is 185 Å². The molecule has 1 saturated heterocycles. The molecule has 168 valence electrons. The Balaban J connectivity index is 1.52. The summed E-state index contributed by atoms with van der Waals surface area (Å²) >= 11 is 0. The minimum absolute atomic E-state index is 0.0474. The third-order valence-electron chi connectivity index (χ3n) is 5.22. The predicted octanol–water partition coefficient (Wildman–Crippen LogP) is 3.04. The van der Waals surface area contributed by atoms with E-state index in [2.05, 4.69) is 26.2 Å². The molecule has 1 aliphatic heterocycles. The Hall–Kier alpha value is -3.55. The van der Waals surface area contributed by atoms with Crippen molar-refractivity contribution in [1.29, 1.82) is 0 Å². The van der Waals surface area contributed by atoms with E-state index in [4.69, 9.17) is 4.74 Å². The van der Waals surface area contributed by atoms with Gasteiger partial charge in [-0.15, -0.1) is 0 Å². The fraction of sp³-hybridized carbons (Fsp3) is 0.333. The number of halogens is 1. The number of nitrogens with zero attached hydrogens (tertiary/aromatic N) is 1. The molecule has 0 saturated carbocycles. The lowest BCUT2D eigenvalue weighted by Gasteiger charge is -2.20. The predicted molar refractivity (Wildman–Crippen MR) is 114 cm³/mol. The molecule has 0 radical (unpaired) electrons. The highest BCUT2D eigenvalue weighted by Gasteiger charge is 2.36. The lowest BCUT2D eigenvalue weighted by Crippen LogP contribution is -2.43. The van der Waals surface area contributed by atoms with Crippen LogP contribution in [0.2, 0.25) is 0 Å². The van der Waals surface area contributed by atoms with Crippen molar-refractivity contribution in [3.8, 4) is 0 Å². The SMILES string of the molecule is CC(C)(C)c1ccc(C(=O)NN2CC(C(=O)OCC(=O)c3ccc(F)cc3)CC2=O)cc1. The molecular formula is C24H25FN2O5. The molecule has 8 heteroatoms. The molecule has 1 fully saturated rings. The van der Waals surface area contributed by atoms with Crippen LogP contribution in [0, 0.1) is 11.7 Å². The number of amides is 2. The zero-order chi connectivity index (χ0) is 23.5. The van der Waals surface area contributed by atoms with Crippen molar-refractivity contribution in [2.24, 2.45) is 5.92 Å². The summed E-state index contributed by atoms with van der Waals surface area (Å²) in [6.07, 6.45) is -0.132. The molecule has 1 unspecified atom stereocenters. The number of Topliss-reactive ketones (excluding diaryl/α,β-unsaturated/α-hetero) is 1. The highest BCUT2D eigenvalue weighted by Crippen LogP contribution is 2.22. The molecular weight excluding hydrogens is 415 g/mol. The topological polar surface area (TPSA) is 92.8 Å². The summed E-state index contributed by atoms with van der Waals surface area (Å²) in [6, 6.07) is 12.0. The van der Waals surface area contributed by atoms with Crippen LogP contribution in [0.25, 0.3) is 0 Å². The first-order valence-corrected chi connectivity index (χ1v) is 10.2. The van der Waals surface area contributed by atoms with Gasteiger partial charge in [0.1, 0.15) is 5.82 Å². The van der Waals surface area contributed by atoms with Crippen molar-refractivity contribution in [3.05, 3.63) is 71.0 Å².